The van der Waals surface area contributed by atoms with Crippen LogP contribution in [0.2, 0.25) is 0 Å². The van der Waals surface area contributed by atoms with Gasteiger partial charge in [0.1, 0.15) is 6.33 Å². The van der Waals surface area contributed by atoms with Crippen LogP contribution in [-0.2, 0) is 10.9 Å². The third-order valence-electron chi connectivity index (χ3n) is 0.478. The molecule has 0 aliphatic rings. The van der Waals surface area contributed by atoms with Crippen molar-refractivity contribution in [1.82, 2.24) is 9.97 Å². The molecule has 0 fully saturated rings. The Hall–Kier alpha value is -1.01. The van der Waals surface area contributed by atoms with E-state index >= 15 is 0 Å². The van der Waals surface area contributed by atoms with Crippen LogP contribution in [0.3, 0.4) is 0 Å². The van der Waals surface area contributed by atoms with Gasteiger partial charge in [-0.15, -0.1) is 0 Å². The first-order valence-corrected chi connectivity index (χ1v) is 3.57. The molecule has 0 unspecified atom stereocenters. The first-order chi connectivity index (χ1) is 4.73. The van der Waals surface area contributed by atoms with Crippen LogP contribution in [-0.4, -0.2) is 18.4 Å². The van der Waals surface area contributed by atoms with Crippen molar-refractivity contribution < 1.29 is 8.42 Å². The van der Waals surface area contributed by atoms with Gasteiger partial charge in [-0.25, -0.2) is 23.5 Å². The van der Waals surface area contributed by atoms with Crippen LogP contribution in [0.4, 0.5) is 0 Å². The Morgan fingerprint density at radius 3 is 1.70 bits per heavy atom. The van der Waals surface area contributed by atoms with Crippen molar-refractivity contribution in [3.8, 4) is 0 Å². The Morgan fingerprint density at radius 2 is 1.60 bits per heavy atom. The van der Waals surface area contributed by atoms with Gasteiger partial charge in [0.25, 0.3) is 0 Å². The van der Waals surface area contributed by atoms with Gasteiger partial charge < -0.3 is 0 Å². The maximum atomic E-state index is 8.81. The lowest BCUT2D eigenvalue weighted by Crippen LogP contribution is -1.85. The summed E-state index contributed by atoms with van der Waals surface area (Å²) in [4.78, 5) is 7.35. The van der Waals surface area contributed by atoms with E-state index in [2.05, 4.69) is 15.1 Å². The van der Waals surface area contributed by atoms with E-state index in [-0.39, 0.29) is 0 Å². The molecule has 0 aliphatic heterocycles. The average molecular weight is 161 g/mol. The molecule has 6 heteroatoms. The lowest BCUT2D eigenvalue weighted by atomic mass is 10.7. The largest absolute Gasteiger partial charge is 0.245 e. The monoisotopic (exact) mass is 161 g/mol. The smallest absolute Gasteiger partial charge is 0.198 e. The van der Waals surface area contributed by atoms with Crippen LogP contribution in [0.25, 0.3) is 0 Å². The van der Waals surface area contributed by atoms with Gasteiger partial charge in [-0.05, 0) is 6.07 Å². The average Bonchev–Trinajstić information content (AvgIpc) is 1.90. The van der Waals surface area contributed by atoms with Crippen molar-refractivity contribution in [2.45, 2.75) is 0 Å². The highest BCUT2D eigenvalue weighted by atomic mass is 32.2. The van der Waals surface area contributed by atoms with E-state index in [9.17, 15) is 0 Å². The topological polar surface area (TPSA) is 85.9 Å². The molecule has 10 heavy (non-hydrogen) atoms. The highest BCUT2D eigenvalue weighted by Crippen LogP contribution is 1.66. The molecule has 0 aromatic carbocycles. The molecule has 56 valence electrons. The summed E-state index contributed by atoms with van der Waals surface area (Å²) in [7, 11) is -2.62. The van der Waals surface area contributed by atoms with Crippen molar-refractivity contribution >= 4 is 10.9 Å². The zero-order valence-corrected chi connectivity index (χ0v) is 5.94. The Morgan fingerprint density at radius 1 is 1.20 bits per heavy atom. The minimum Gasteiger partial charge on any atom is -0.245 e. The molecule has 2 N–H and O–H groups in total. The maximum absolute atomic E-state index is 8.81. The molecule has 1 heterocycles. The number of thiol groups is 1. The van der Waals surface area contributed by atoms with E-state index in [0.29, 0.717) is 0 Å². The zero-order valence-electron chi connectivity index (χ0n) is 5.04. The van der Waals surface area contributed by atoms with Crippen molar-refractivity contribution in [1.29, 1.82) is 0 Å². The number of nitrogens with two attached hydrogens (primary N) is 1. The number of nitrogens with zero attached hydrogens (tertiary/aromatic N) is 2. The second-order valence-electron chi connectivity index (χ2n) is 1.19. The van der Waals surface area contributed by atoms with E-state index in [1.54, 1.807) is 18.5 Å². The molecule has 0 aliphatic carbocycles. The van der Waals surface area contributed by atoms with Crippen LogP contribution in [0.5, 0.6) is 0 Å². The molecule has 0 saturated carbocycles. The molecule has 0 bridgehead atoms. The quantitative estimate of drug-likeness (QED) is 0.475. The minimum atomic E-state index is -2.62. The Balaban J connectivity index is 0.000000180. The summed E-state index contributed by atoms with van der Waals surface area (Å²) in [6, 6.07) is 1.78. The molecule has 1 rings (SSSR count). The van der Waals surface area contributed by atoms with Crippen LogP contribution in [0.15, 0.2) is 24.8 Å². The van der Waals surface area contributed by atoms with E-state index < -0.39 is 10.9 Å². The van der Waals surface area contributed by atoms with Crippen LogP contribution >= 0.6 is 0 Å². The fraction of sp³-hybridized carbons (Fsp3) is 0. The molecule has 0 atom stereocenters. The molecule has 0 radical (unpaired) electrons. The summed E-state index contributed by atoms with van der Waals surface area (Å²) < 4.78 is 17.6. The fourth-order valence-electron chi connectivity index (χ4n) is 0.253. The molecule has 0 saturated heterocycles. The summed E-state index contributed by atoms with van der Waals surface area (Å²) in [6.45, 7) is 0. The Labute approximate surface area is 60.0 Å². The van der Waals surface area contributed by atoms with Crippen molar-refractivity contribution in [3.63, 3.8) is 0 Å². The third-order valence-corrected chi connectivity index (χ3v) is 0.478. The predicted octanol–water partition coefficient (Wildman–Crippen LogP) is -1.05. The molecule has 0 amide bonds. The minimum absolute atomic E-state index is 1.50. The summed E-state index contributed by atoms with van der Waals surface area (Å²) in [6.07, 6.45) is 4.88. The molecule has 0 spiro atoms. The van der Waals surface area contributed by atoms with E-state index in [4.69, 9.17) is 8.42 Å². The van der Waals surface area contributed by atoms with Crippen molar-refractivity contribution in [3.05, 3.63) is 24.8 Å². The van der Waals surface area contributed by atoms with Gasteiger partial charge >= 0.3 is 0 Å². The van der Waals surface area contributed by atoms with Crippen molar-refractivity contribution in [2.75, 3.05) is 0 Å². The van der Waals surface area contributed by atoms with E-state index in [1.807, 2.05) is 0 Å². The van der Waals surface area contributed by atoms with E-state index in [1.165, 1.54) is 6.33 Å². The lowest BCUT2D eigenvalue weighted by Gasteiger charge is -1.70. The van der Waals surface area contributed by atoms with Gasteiger partial charge in [0.05, 0.1) is 0 Å². The highest BCUT2D eigenvalue weighted by molar-refractivity contribution is 7.69. The Kier molecular flexibility index (Phi) is 5.50. The summed E-state index contributed by atoms with van der Waals surface area (Å²) in [5.74, 6) is 0. The molecular weight excluding hydrogens is 154 g/mol. The summed E-state index contributed by atoms with van der Waals surface area (Å²) in [5, 5.41) is 4.06. The van der Waals surface area contributed by atoms with Gasteiger partial charge in [0, 0.05) is 12.4 Å². The molecule has 5 nitrogen and oxygen atoms in total. The second kappa shape index (κ2) is 6.12. The predicted molar refractivity (Wildman–Crippen MR) is 36.5 cm³/mol. The van der Waals surface area contributed by atoms with Crippen LogP contribution in [0, 0.1) is 0 Å². The standard InChI is InChI=1S/C4H4N2.H3NO2S/c1-2-5-4-6-3-1;1-4(2)3/h1-4H;4H,(H2,1,2,3). The molecule has 1 aromatic rings. The normalized spacial score (nSPS) is 8.20. The third kappa shape index (κ3) is 10.1. The number of rotatable bonds is 0. The first kappa shape index (κ1) is 8.99. The van der Waals surface area contributed by atoms with Crippen LogP contribution in [0.1, 0.15) is 0 Å². The second-order valence-corrected chi connectivity index (χ2v) is 1.76. The highest BCUT2D eigenvalue weighted by Gasteiger charge is 1.59. The van der Waals surface area contributed by atoms with E-state index in [0.717, 1.165) is 0 Å². The summed E-state index contributed by atoms with van der Waals surface area (Å²) >= 11 is 0. The van der Waals surface area contributed by atoms with Gasteiger partial charge in [-0.2, -0.15) is 0 Å². The van der Waals surface area contributed by atoms with Gasteiger partial charge in [-0.3, -0.25) is 0 Å². The number of hydrogen-bond donors (Lipinski definition) is 2. The van der Waals surface area contributed by atoms with Gasteiger partial charge in [-0.1, -0.05) is 0 Å². The van der Waals surface area contributed by atoms with Crippen molar-refractivity contribution in [2.24, 2.45) is 5.14 Å². The maximum Gasteiger partial charge on any atom is 0.198 e. The number of aromatic nitrogens is 2. The first-order valence-electron chi connectivity index (χ1n) is 2.32. The van der Waals surface area contributed by atoms with Gasteiger partial charge in [0.15, 0.2) is 10.9 Å². The number of hydrogen-bond acceptors (Lipinski definition) is 4. The zero-order chi connectivity index (χ0) is 7.82. The Bertz CT molecular complexity index is 188. The SMILES string of the molecule is N[SH](=O)=O.c1cncnc1. The van der Waals surface area contributed by atoms with Crippen LogP contribution < -0.4 is 5.14 Å². The molecule has 1 aromatic heterocycles. The molecular formula is C4H7N3O2S. The lowest BCUT2D eigenvalue weighted by molar-refractivity contribution is 0.616. The fourth-order valence-corrected chi connectivity index (χ4v) is 0.253. The summed E-state index contributed by atoms with van der Waals surface area (Å²) in [5.41, 5.74) is 0. The van der Waals surface area contributed by atoms with Gasteiger partial charge in [0.2, 0.25) is 0 Å².